The topological polar surface area (TPSA) is 200 Å². The maximum absolute atomic E-state index is 12.5. The standard InChI is InChI=1S/C42H48N6O8/c49-39(47-53)9-5-1-3-7-27-55-37-23-19-35(20-24-37)41(51)45-43-29-31-11-15-33(16-12-31)34-17-13-32(14-18-34)30-44-46-42(52)36-21-25-38(26-22-36)56-28-8-4-2-6-10-40(50)48-54/h11-26,29-30,53-54H,1-10,27-28H2,(H,45,51)(H,46,52)(H,47,49)(H,48,50)/b43-29+,44-30+. The van der Waals surface area contributed by atoms with Gasteiger partial charge in [0, 0.05) is 24.0 Å². The van der Waals surface area contributed by atoms with Gasteiger partial charge in [-0.3, -0.25) is 29.6 Å². The van der Waals surface area contributed by atoms with Crippen molar-refractivity contribution in [1.29, 1.82) is 0 Å². The SMILES string of the molecule is O=C(CCCCCCOc1ccc(C(=O)N/N=C/c2ccc(-c3ccc(/C=N/NC(=O)c4ccc(OCCCCCCC(=O)NO)cc4)cc3)cc2)cc1)NO. The Morgan fingerprint density at radius 1 is 0.482 bits per heavy atom. The van der Waals surface area contributed by atoms with Crippen molar-refractivity contribution in [1.82, 2.24) is 21.8 Å². The number of nitrogens with one attached hydrogen (secondary N) is 4. The molecule has 0 bridgehead atoms. The summed E-state index contributed by atoms with van der Waals surface area (Å²) >= 11 is 0. The molecular weight excluding hydrogens is 716 g/mol. The Kier molecular flexibility index (Phi) is 18.2. The van der Waals surface area contributed by atoms with Gasteiger partial charge in [-0.05, 0) is 96.5 Å². The molecule has 0 spiro atoms. The second-order valence-corrected chi connectivity index (χ2v) is 12.8. The zero-order valence-electron chi connectivity index (χ0n) is 31.1. The molecule has 0 unspecified atom stereocenters. The van der Waals surface area contributed by atoms with Gasteiger partial charge in [0.2, 0.25) is 11.8 Å². The van der Waals surface area contributed by atoms with Crippen LogP contribution in [-0.2, 0) is 9.59 Å². The minimum atomic E-state index is -0.376. The van der Waals surface area contributed by atoms with Crippen molar-refractivity contribution in [3.8, 4) is 22.6 Å². The minimum Gasteiger partial charge on any atom is -0.494 e. The average molecular weight is 765 g/mol. The molecule has 4 aromatic carbocycles. The molecule has 0 fully saturated rings. The van der Waals surface area contributed by atoms with E-state index < -0.39 is 0 Å². The third kappa shape index (κ3) is 15.5. The lowest BCUT2D eigenvalue weighted by molar-refractivity contribution is -0.130. The highest BCUT2D eigenvalue weighted by atomic mass is 16.5. The van der Waals surface area contributed by atoms with Gasteiger partial charge in [0.05, 0.1) is 25.6 Å². The van der Waals surface area contributed by atoms with Gasteiger partial charge in [0.15, 0.2) is 0 Å². The second-order valence-electron chi connectivity index (χ2n) is 12.8. The van der Waals surface area contributed by atoms with Gasteiger partial charge in [-0.2, -0.15) is 10.2 Å². The van der Waals surface area contributed by atoms with E-state index in [1.54, 1.807) is 71.9 Å². The van der Waals surface area contributed by atoms with E-state index >= 15 is 0 Å². The maximum atomic E-state index is 12.5. The summed E-state index contributed by atoms with van der Waals surface area (Å²) in [5.74, 6) is -0.116. The van der Waals surface area contributed by atoms with E-state index in [0.29, 0.717) is 61.5 Å². The fourth-order valence-corrected chi connectivity index (χ4v) is 5.36. The Hall–Kier alpha value is -6.38. The molecule has 6 N–H and O–H groups in total. The van der Waals surface area contributed by atoms with E-state index in [4.69, 9.17) is 19.9 Å². The van der Waals surface area contributed by atoms with Crippen molar-refractivity contribution in [2.45, 2.75) is 64.2 Å². The number of hydrogen-bond donors (Lipinski definition) is 6. The van der Waals surface area contributed by atoms with Crippen LogP contribution in [0, 0.1) is 0 Å². The van der Waals surface area contributed by atoms with Crippen molar-refractivity contribution in [3.63, 3.8) is 0 Å². The van der Waals surface area contributed by atoms with Crippen molar-refractivity contribution >= 4 is 36.1 Å². The fourth-order valence-electron chi connectivity index (χ4n) is 5.36. The third-order valence-electron chi connectivity index (χ3n) is 8.53. The van der Waals surface area contributed by atoms with Crippen LogP contribution in [0.5, 0.6) is 11.5 Å². The van der Waals surface area contributed by atoms with E-state index in [9.17, 15) is 19.2 Å². The lowest BCUT2D eigenvalue weighted by atomic mass is 10.0. The summed E-state index contributed by atoms with van der Waals surface area (Å²) < 4.78 is 11.5. The van der Waals surface area contributed by atoms with Crippen LogP contribution < -0.4 is 31.3 Å². The third-order valence-corrected chi connectivity index (χ3v) is 8.53. The van der Waals surface area contributed by atoms with Gasteiger partial charge in [-0.25, -0.2) is 21.8 Å². The van der Waals surface area contributed by atoms with Crippen LogP contribution in [0.2, 0.25) is 0 Å². The lowest BCUT2D eigenvalue weighted by Crippen LogP contribution is -2.17. The molecule has 56 heavy (non-hydrogen) atoms. The van der Waals surface area contributed by atoms with Gasteiger partial charge >= 0.3 is 0 Å². The van der Waals surface area contributed by atoms with Crippen molar-refractivity contribution in [3.05, 3.63) is 119 Å². The fraction of sp³-hybridized carbons (Fsp3) is 0.286. The van der Waals surface area contributed by atoms with Crippen LogP contribution in [0.25, 0.3) is 11.1 Å². The first kappa shape index (κ1) is 42.4. The number of unbranched alkanes of at least 4 members (excludes halogenated alkanes) is 6. The van der Waals surface area contributed by atoms with Crippen molar-refractivity contribution in [2.75, 3.05) is 13.2 Å². The van der Waals surface area contributed by atoms with Crippen molar-refractivity contribution < 1.29 is 39.1 Å². The van der Waals surface area contributed by atoms with E-state index in [-0.39, 0.29) is 23.6 Å². The molecule has 4 amide bonds. The number of hydrogen-bond acceptors (Lipinski definition) is 10. The molecule has 0 saturated heterocycles. The van der Waals surface area contributed by atoms with Gasteiger partial charge in [-0.1, -0.05) is 74.2 Å². The average Bonchev–Trinajstić information content (AvgIpc) is 3.23. The van der Waals surface area contributed by atoms with Crippen LogP contribution in [-0.4, -0.2) is 59.7 Å². The van der Waals surface area contributed by atoms with Gasteiger partial charge < -0.3 is 9.47 Å². The summed E-state index contributed by atoms with van der Waals surface area (Å²) in [7, 11) is 0. The van der Waals surface area contributed by atoms with Crippen LogP contribution >= 0.6 is 0 Å². The molecule has 0 saturated carbocycles. The largest absolute Gasteiger partial charge is 0.494 e. The highest BCUT2D eigenvalue weighted by molar-refractivity contribution is 5.95. The number of hydroxylamine groups is 2. The first-order valence-electron chi connectivity index (χ1n) is 18.5. The van der Waals surface area contributed by atoms with Crippen LogP contribution in [0.1, 0.15) is 96.1 Å². The number of hydrazone groups is 2. The number of ether oxygens (including phenoxy) is 2. The first-order valence-corrected chi connectivity index (χ1v) is 18.5. The normalized spacial score (nSPS) is 11.0. The lowest BCUT2D eigenvalue weighted by Gasteiger charge is -2.07. The number of carbonyl (C=O) groups is 4. The maximum Gasteiger partial charge on any atom is 0.271 e. The zero-order valence-corrected chi connectivity index (χ0v) is 31.1. The molecule has 14 nitrogen and oxygen atoms in total. The highest BCUT2D eigenvalue weighted by Gasteiger charge is 2.07. The Morgan fingerprint density at radius 3 is 1.20 bits per heavy atom. The number of carbonyl (C=O) groups excluding carboxylic acids is 4. The van der Waals surface area contributed by atoms with Gasteiger partial charge in [-0.15, -0.1) is 0 Å². The molecule has 0 aromatic heterocycles. The van der Waals surface area contributed by atoms with E-state index in [2.05, 4.69) is 21.1 Å². The van der Waals surface area contributed by atoms with Crippen LogP contribution in [0.3, 0.4) is 0 Å². The van der Waals surface area contributed by atoms with Gasteiger partial charge in [0.1, 0.15) is 11.5 Å². The number of nitrogens with zero attached hydrogens (tertiary/aromatic N) is 2. The van der Waals surface area contributed by atoms with Gasteiger partial charge in [0.25, 0.3) is 11.8 Å². The monoisotopic (exact) mass is 764 g/mol. The molecular formula is C42H48N6O8. The highest BCUT2D eigenvalue weighted by Crippen LogP contribution is 2.20. The van der Waals surface area contributed by atoms with E-state index in [1.807, 2.05) is 48.5 Å². The summed E-state index contributed by atoms with van der Waals surface area (Å²) in [5.41, 5.74) is 12.9. The number of rotatable bonds is 23. The summed E-state index contributed by atoms with van der Waals surface area (Å²) in [5, 5.41) is 25.2. The molecule has 0 atom stereocenters. The van der Waals surface area contributed by atoms with Crippen LogP contribution in [0.15, 0.2) is 107 Å². The summed E-state index contributed by atoms with van der Waals surface area (Å²) in [6, 6.07) is 29.1. The number of benzene rings is 4. The first-order chi connectivity index (χ1) is 27.3. The molecule has 0 aliphatic carbocycles. The Balaban J connectivity index is 1.12. The summed E-state index contributed by atoms with van der Waals surface area (Å²) in [6.07, 6.45) is 10.4. The summed E-state index contributed by atoms with van der Waals surface area (Å²) in [4.78, 5) is 47.1. The zero-order chi connectivity index (χ0) is 39.8. The molecule has 4 rings (SSSR count). The van der Waals surface area contributed by atoms with Crippen LogP contribution in [0.4, 0.5) is 0 Å². The predicted molar refractivity (Wildman–Crippen MR) is 212 cm³/mol. The molecule has 4 aromatic rings. The Morgan fingerprint density at radius 2 is 0.839 bits per heavy atom. The number of amides is 4. The minimum absolute atomic E-state index is 0.302. The second kappa shape index (κ2) is 24.1. The molecule has 294 valence electrons. The molecule has 0 radical (unpaired) electrons. The Labute approximate surface area is 325 Å². The molecule has 14 heteroatoms. The smallest absolute Gasteiger partial charge is 0.271 e. The Bertz CT molecular complexity index is 1740. The summed E-state index contributed by atoms with van der Waals surface area (Å²) in [6.45, 7) is 1.06. The predicted octanol–water partition coefficient (Wildman–Crippen LogP) is 6.55. The quantitative estimate of drug-likeness (QED) is 0.0211. The van der Waals surface area contributed by atoms with E-state index in [0.717, 1.165) is 60.8 Å². The molecule has 0 heterocycles. The molecule has 0 aliphatic heterocycles. The molecule has 0 aliphatic rings. The van der Waals surface area contributed by atoms with E-state index in [1.165, 1.54) is 0 Å². The van der Waals surface area contributed by atoms with Crippen molar-refractivity contribution in [2.24, 2.45) is 10.2 Å².